The number of hydrogen-bond donors (Lipinski definition) is 3. The van der Waals surface area contributed by atoms with Crippen molar-refractivity contribution in [3.63, 3.8) is 0 Å². The number of aromatic hydroxyl groups is 1. The number of hydrogen-bond acceptors (Lipinski definition) is 8. The van der Waals surface area contributed by atoms with Crippen molar-refractivity contribution in [3.8, 4) is 17.2 Å². The summed E-state index contributed by atoms with van der Waals surface area (Å²) < 4.78 is 23.6. The third kappa shape index (κ3) is 12.8. The van der Waals surface area contributed by atoms with Crippen molar-refractivity contribution in [2.24, 2.45) is 0 Å². The van der Waals surface area contributed by atoms with Gasteiger partial charge in [0.05, 0.1) is 0 Å². The third-order valence-electron chi connectivity index (χ3n) is 8.94. The van der Waals surface area contributed by atoms with Gasteiger partial charge in [-0.25, -0.2) is 9.59 Å². The van der Waals surface area contributed by atoms with Crippen LogP contribution in [0.1, 0.15) is 33.4 Å². The molecule has 0 aromatic heterocycles. The van der Waals surface area contributed by atoms with Gasteiger partial charge in [-0.05, 0) is 57.6 Å². The molecule has 2 amide bonds. The minimum atomic E-state index is -1.18. The zero-order chi connectivity index (χ0) is 39.7. The number of esters is 1. The highest BCUT2D eigenvalue weighted by atomic mass is 16.5. The lowest BCUT2D eigenvalue weighted by Crippen LogP contribution is -2.53. The molecule has 0 spiro atoms. The molecule has 0 fully saturated rings. The molecule has 6 rings (SSSR count). The van der Waals surface area contributed by atoms with Crippen molar-refractivity contribution in [3.05, 3.63) is 197 Å². The molecule has 0 radical (unpaired) electrons. The number of carbonyl (C=O) groups excluding carboxylic acids is 3. The van der Waals surface area contributed by atoms with Crippen molar-refractivity contribution < 1.29 is 38.4 Å². The first kappa shape index (κ1) is 39.6. The Labute approximate surface area is 332 Å². The number of alkyl carbamates (subject to hydrolysis) is 1. The van der Waals surface area contributed by atoms with Gasteiger partial charge in [0.2, 0.25) is 5.91 Å². The van der Waals surface area contributed by atoms with E-state index in [0.29, 0.717) is 29.2 Å². The lowest BCUT2D eigenvalue weighted by molar-refractivity contribution is -0.149. The molecule has 3 N–H and O–H groups in total. The molecule has 0 unspecified atom stereocenters. The standard InChI is InChI=1S/C47H44N2O8/c50-40-24-21-34(22-25-40)27-42(46(52)56-32-37-17-9-3-10-18-37)48-45(51)41(49-47(53)57-33-38-19-11-4-12-20-38)28-39-23-26-43(54-30-35-13-5-1-6-14-35)44(29-39)55-31-36-15-7-2-8-16-36/h1-26,29,41-42,50H,27-28,30-33H2,(H,48,51)(H,49,53)/t41-,42-/m0/s1. The molecule has 10 nitrogen and oxygen atoms in total. The Hall–Kier alpha value is -7.07. The SMILES string of the molecule is O=C(N[C@@H](Cc1ccc(OCc2ccccc2)c(OCc2ccccc2)c1)C(=O)N[C@@H](Cc1ccc(O)cc1)C(=O)OCc1ccccc1)OCc1ccccc1. The van der Waals surface area contributed by atoms with Gasteiger partial charge < -0.3 is 34.7 Å². The fourth-order valence-electron chi connectivity index (χ4n) is 5.90. The van der Waals surface area contributed by atoms with Gasteiger partial charge in [0, 0.05) is 12.8 Å². The number of ether oxygens (including phenoxy) is 4. The topological polar surface area (TPSA) is 132 Å². The Kier molecular flexibility index (Phi) is 14.3. The Morgan fingerprint density at radius 3 is 1.46 bits per heavy atom. The number of rotatable bonds is 18. The van der Waals surface area contributed by atoms with Gasteiger partial charge >= 0.3 is 12.1 Å². The van der Waals surface area contributed by atoms with Crippen LogP contribution < -0.4 is 20.1 Å². The van der Waals surface area contributed by atoms with Gasteiger partial charge in [-0.3, -0.25) is 4.79 Å². The van der Waals surface area contributed by atoms with E-state index in [-0.39, 0.29) is 38.4 Å². The molecule has 6 aromatic carbocycles. The number of amides is 2. The normalized spacial score (nSPS) is 11.7. The van der Waals surface area contributed by atoms with Crippen LogP contribution >= 0.6 is 0 Å². The Balaban J connectivity index is 1.24. The van der Waals surface area contributed by atoms with Gasteiger partial charge in [0.25, 0.3) is 0 Å². The van der Waals surface area contributed by atoms with Gasteiger partial charge in [0.1, 0.15) is 44.3 Å². The van der Waals surface area contributed by atoms with E-state index in [2.05, 4.69) is 10.6 Å². The van der Waals surface area contributed by atoms with Crippen molar-refractivity contribution in [1.29, 1.82) is 0 Å². The number of carbonyl (C=O) groups is 3. The molecule has 6 aromatic rings. The van der Waals surface area contributed by atoms with Gasteiger partial charge in [-0.15, -0.1) is 0 Å². The molecule has 0 aliphatic rings. The largest absolute Gasteiger partial charge is 0.508 e. The quantitative estimate of drug-likeness (QED) is 0.0755. The molecule has 0 aliphatic carbocycles. The lowest BCUT2D eigenvalue weighted by atomic mass is 10.0. The maximum absolute atomic E-state index is 14.2. The monoisotopic (exact) mass is 764 g/mol. The Bertz CT molecular complexity index is 2170. The van der Waals surface area contributed by atoms with Crippen molar-refractivity contribution in [1.82, 2.24) is 10.6 Å². The highest BCUT2D eigenvalue weighted by molar-refractivity contribution is 5.90. The summed E-state index contributed by atoms with van der Waals surface area (Å²) in [5.41, 5.74) is 4.81. The van der Waals surface area contributed by atoms with Crippen LogP contribution in [0.2, 0.25) is 0 Å². The van der Waals surface area contributed by atoms with Crippen LogP contribution in [0.5, 0.6) is 17.2 Å². The van der Waals surface area contributed by atoms with Gasteiger partial charge in [-0.1, -0.05) is 140 Å². The second-order valence-corrected chi connectivity index (χ2v) is 13.3. The van der Waals surface area contributed by atoms with Crippen LogP contribution in [0.3, 0.4) is 0 Å². The molecule has 0 bridgehead atoms. The molecular formula is C47H44N2O8. The van der Waals surface area contributed by atoms with Crippen molar-refractivity contribution in [2.45, 2.75) is 51.4 Å². The second-order valence-electron chi connectivity index (χ2n) is 13.3. The highest BCUT2D eigenvalue weighted by Gasteiger charge is 2.29. The van der Waals surface area contributed by atoms with E-state index in [0.717, 1.165) is 22.3 Å². The number of nitrogens with one attached hydrogen (secondary N) is 2. The van der Waals surface area contributed by atoms with E-state index in [1.807, 2.05) is 121 Å². The van der Waals surface area contributed by atoms with E-state index < -0.39 is 30.1 Å². The first-order chi connectivity index (χ1) is 27.9. The van der Waals surface area contributed by atoms with E-state index in [1.54, 1.807) is 30.3 Å². The predicted molar refractivity (Wildman–Crippen MR) is 215 cm³/mol. The van der Waals surface area contributed by atoms with Crippen LogP contribution in [0.15, 0.2) is 164 Å². The molecule has 290 valence electrons. The summed E-state index contributed by atoms with van der Waals surface area (Å²) in [6, 6.07) is 47.2. The molecule has 2 atom stereocenters. The summed E-state index contributed by atoms with van der Waals surface area (Å²) in [7, 11) is 0. The molecule has 0 saturated carbocycles. The fraction of sp³-hybridized carbons (Fsp3) is 0.170. The Morgan fingerprint density at radius 1 is 0.456 bits per heavy atom. The average molecular weight is 765 g/mol. The molecule has 0 heterocycles. The molecular weight excluding hydrogens is 721 g/mol. The van der Waals surface area contributed by atoms with Crippen LogP contribution in [-0.2, 0) is 58.3 Å². The van der Waals surface area contributed by atoms with Crippen LogP contribution in [0.25, 0.3) is 0 Å². The third-order valence-corrected chi connectivity index (χ3v) is 8.94. The summed E-state index contributed by atoms with van der Waals surface area (Å²) in [4.78, 5) is 41.1. The number of phenols is 1. The number of phenolic OH excluding ortho intramolecular Hbond substituents is 1. The molecule has 57 heavy (non-hydrogen) atoms. The average Bonchev–Trinajstić information content (AvgIpc) is 3.25. The Morgan fingerprint density at radius 2 is 0.912 bits per heavy atom. The second kappa shape index (κ2) is 20.6. The van der Waals surface area contributed by atoms with Crippen LogP contribution in [0, 0.1) is 0 Å². The predicted octanol–water partition coefficient (Wildman–Crippen LogP) is 7.86. The smallest absolute Gasteiger partial charge is 0.408 e. The summed E-state index contributed by atoms with van der Waals surface area (Å²) in [5.74, 6) is -0.281. The zero-order valence-electron chi connectivity index (χ0n) is 31.3. The summed E-state index contributed by atoms with van der Waals surface area (Å²) in [6.07, 6.45) is -0.739. The first-order valence-electron chi connectivity index (χ1n) is 18.6. The molecule has 0 aliphatic heterocycles. The van der Waals surface area contributed by atoms with E-state index in [4.69, 9.17) is 18.9 Å². The van der Waals surface area contributed by atoms with Crippen molar-refractivity contribution >= 4 is 18.0 Å². The lowest BCUT2D eigenvalue weighted by Gasteiger charge is -2.23. The van der Waals surface area contributed by atoms with Crippen molar-refractivity contribution in [2.75, 3.05) is 0 Å². The maximum atomic E-state index is 14.2. The molecule has 0 saturated heterocycles. The van der Waals surface area contributed by atoms with E-state index in [9.17, 15) is 19.5 Å². The summed E-state index contributed by atoms with van der Waals surface area (Å²) in [6.45, 7) is 0.565. The summed E-state index contributed by atoms with van der Waals surface area (Å²) >= 11 is 0. The highest BCUT2D eigenvalue weighted by Crippen LogP contribution is 2.31. The maximum Gasteiger partial charge on any atom is 0.408 e. The van der Waals surface area contributed by atoms with Gasteiger partial charge in [-0.2, -0.15) is 0 Å². The molecule has 10 heteroatoms. The van der Waals surface area contributed by atoms with E-state index >= 15 is 0 Å². The minimum absolute atomic E-state index is 0.000434. The zero-order valence-corrected chi connectivity index (χ0v) is 31.3. The first-order valence-corrected chi connectivity index (χ1v) is 18.6. The number of benzene rings is 6. The minimum Gasteiger partial charge on any atom is -0.508 e. The summed E-state index contributed by atoms with van der Waals surface area (Å²) in [5, 5.41) is 15.4. The van der Waals surface area contributed by atoms with Gasteiger partial charge in [0.15, 0.2) is 11.5 Å². The van der Waals surface area contributed by atoms with Crippen LogP contribution in [-0.4, -0.2) is 35.2 Å². The fourth-order valence-corrected chi connectivity index (χ4v) is 5.90. The van der Waals surface area contributed by atoms with E-state index in [1.165, 1.54) is 12.1 Å². The van der Waals surface area contributed by atoms with Crippen LogP contribution in [0.4, 0.5) is 4.79 Å².